The van der Waals surface area contributed by atoms with Crippen LogP contribution in [0.1, 0.15) is 12.5 Å². The Morgan fingerprint density at radius 1 is 1.38 bits per heavy atom. The van der Waals surface area contributed by atoms with Crippen LogP contribution < -0.4 is 9.47 Å². The molecule has 0 aliphatic carbocycles. The Labute approximate surface area is 95.1 Å². The van der Waals surface area contributed by atoms with Crippen molar-refractivity contribution in [1.82, 2.24) is 0 Å². The Morgan fingerprint density at radius 3 is 2.69 bits per heavy atom. The van der Waals surface area contributed by atoms with Crippen LogP contribution in [0.4, 0.5) is 0 Å². The number of esters is 1. The van der Waals surface area contributed by atoms with E-state index < -0.39 is 0 Å². The molecule has 0 fully saturated rings. The molecule has 4 heteroatoms. The third kappa shape index (κ3) is 3.46. The van der Waals surface area contributed by atoms with Gasteiger partial charge in [0.1, 0.15) is 11.5 Å². The smallest absolute Gasteiger partial charge is 0.344 e. The number of aryl methyl sites for hydroxylation is 1. The predicted octanol–water partition coefficient (Wildman–Crippen LogP) is 1.95. The minimum Gasteiger partial charge on any atom is -0.497 e. The highest BCUT2D eigenvalue weighted by atomic mass is 16.6. The van der Waals surface area contributed by atoms with E-state index in [0.717, 1.165) is 11.3 Å². The van der Waals surface area contributed by atoms with Gasteiger partial charge in [-0.3, -0.25) is 0 Å². The molecule has 1 aromatic rings. The summed E-state index contributed by atoms with van der Waals surface area (Å²) in [5.41, 5.74) is 0.920. The van der Waals surface area contributed by atoms with E-state index in [1.165, 1.54) is 0 Å². The molecular formula is C12H16O4. The molecule has 16 heavy (non-hydrogen) atoms. The molecule has 0 spiro atoms. The average molecular weight is 224 g/mol. The monoisotopic (exact) mass is 224 g/mol. The Bertz CT molecular complexity index is 360. The predicted molar refractivity (Wildman–Crippen MR) is 59.9 cm³/mol. The van der Waals surface area contributed by atoms with Gasteiger partial charge in [-0.1, -0.05) is 0 Å². The zero-order valence-corrected chi connectivity index (χ0v) is 9.78. The lowest BCUT2D eigenvalue weighted by molar-refractivity contribution is -0.145. The third-order valence-corrected chi connectivity index (χ3v) is 2.03. The first-order valence-electron chi connectivity index (χ1n) is 5.10. The van der Waals surface area contributed by atoms with Crippen molar-refractivity contribution in [2.75, 3.05) is 20.3 Å². The molecule has 0 bridgehead atoms. The number of rotatable bonds is 5. The zero-order chi connectivity index (χ0) is 12.0. The lowest BCUT2D eigenvalue weighted by Gasteiger charge is -2.09. The van der Waals surface area contributed by atoms with Crippen molar-refractivity contribution in [3.8, 4) is 11.5 Å². The van der Waals surface area contributed by atoms with Crippen LogP contribution in [-0.2, 0) is 9.53 Å². The van der Waals surface area contributed by atoms with Gasteiger partial charge < -0.3 is 14.2 Å². The number of carbonyl (C=O) groups is 1. The van der Waals surface area contributed by atoms with E-state index in [4.69, 9.17) is 14.2 Å². The van der Waals surface area contributed by atoms with Gasteiger partial charge in [-0.05, 0) is 37.6 Å². The molecular weight excluding hydrogens is 208 g/mol. The second-order valence-corrected chi connectivity index (χ2v) is 3.23. The Balaban J connectivity index is 2.57. The maximum atomic E-state index is 11.1. The van der Waals surface area contributed by atoms with Gasteiger partial charge in [0.15, 0.2) is 6.61 Å². The van der Waals surface area contributed by atoms with Gasteiger partial charge in [-0.15, -0.1) is 0 Å². The topological polar surface area (TPSA) is 44.8 Å². The van der Waals surface area contributed by atoms with Crippen LogP contribution in [0, 0.1) is 6.92 Å². The Morgan fingerprint density at radius 2 is 2.12 bits per heavy atom. The Hall–Kier alpha value is -1.71. The molecule has 0 amide bonds. The minimum atomic E-state index is -0.363. The van der Waals surface area contributed by atoms with Gasteiger partial charge in [-0.2, -0.15) is 0 Å². The van der Waals surface area contributed by atoms with Gasteiger partial charge >= 0.3 is 5.97 Å². The first-order valence-corrected chi connectivity index (χ1v) is 5.10. The molecule has 0 aliphatic heterocycles. The lowest BCUT2D eigenvalue weighted by Crippen LogP contribution is -2.14. The van der Waals surface area contributed by atoms with E-state index in [-0.39, 0.29) is 12.6 Å². The van der Waals surface area contributed by atoms with E-state index in [1.807, 2.05) is 13.0 Å². The van der Waals surface area contributed by atoms with E-state index in [2.05, 4.69) is 0 Å². The van der Waals surface area contributed by atoms with Crippen molar-refractivity contribution in [2.24, 2.45) is 0 Å². The maximum absolute atomic E-state index is 11.1. The number of ether oxygens (including phenoxy) is 3. The first kappa shape index (κ1) is 12.4. The fraction of sp³-hybridized carbons (Fsp3) is 0.417. The van der Waals surface area contributed by atoms with Crippen molar-refractivity contribution in [3.05, 3.63) is 23.8 Å². The summed E-state index contributed by atoms with van der Waals surface area (Å²) < 4.78 is 15.1. The number of hydrogen-bond donors (Lipinski definition) is 0. The number of benzene rings is 1. The van der Waals surface area contributed by atoms with E-state index in [0.29, 0.717) is 12.4 Å². The van der Waals surface area contributed by atoms with Gasteiger partial charge in [0, 0.05) is 0 Å². The summed E-state index contributed by atoms with van der Waals surface area (Å²) in [7, 11) is 1.61. The fourth-order valence-corrected chi connectivity index (χ4v) is 1.25. The van der Waals surface area contributed by atoms with Crippen molar-refractivity contribution in [3.63, 3.8) is 0 Å². The van der Waals surface area contributed by atoms with Gasteiger partial charge in [-0.25, -0.2) is 4.79 Å². The molecule has 0 atom stereocenters. The summed E-state index contributed by atoms with van der Waals surface area (Å²) >= 11 is 0. The maximum Gasteiger partial charge on any atom is 0.344 e. The SMILES string of the molecule is CCOC(=O)COc1ccc(OC)cc1C. The standard InChI is InChI=1S/C12H16O4/c1-4-15-12(13)8-16-11-6-5-10(14-3)7-9(11)2/h5-7H,4,8H2,1-3H3. The van der Waals surface area contributed by atoms with Crippen LogP contribution in [0.15, 0.2) is 18.2 Å². The molecule has 1 aromatic carbocycles. The van der Waals surface area contributed by atoms with Crippen molar-refractivity contribution in [1.29, 1.82) is 0 Å². The highest BCUT2D eigenvalue weighted by molar-refractivity contribution is 5.71. The van der Waals surface area contributed by atoms with E-state index >= 15 is 0 Å². The second-order valence-electron chi connectivity index (χ2n) is 3.23. The highest BCUT2D eigenvalue weighted by Gasteiger charge is 2.05. The zero-order valence-electron chi connectivity index (χ0n) is 9.78. The summed E-state index contributed by atoms with van der Waals surface area (Å²) in [4.78, 5) is 11.1. The largest absolute Gasteiger partial charge is 0.497 e. The number of hydrogen-bond acceptors (Lipinski definition) is 4. The van der Waals surface area contributed by atoms with Crippen LogP contribution in [-0.4, -0.2) is 26.3 Å². The van der Waals surface area contributed by atoms with E-state index in [1.54, 1.807) is 26.2 Å². The van der Waals surface area contributed by atoms with Crippen LogP contribution in [0.3, 0.4) is 0 Å². The fourth-order valence-electron chi connectivity index (χ4n) is 1.25. The van der Waals surface area contributed by atoms with Crippen LogP contribution in [0.25, 0.3) is 0 Å². The summed E-state index contributed by atoms with van der Waals surface area (Å²) in [6.07, 6.45) is 0. The average Bonchev–Trinajstić information content (AvgIpc) is 2.27. The second kappa shape index (κ2) is 6.00. The number of carbonyl (C=O) groups excluding carboxylic acids is 1. The van der Waals surface area contributed by atoms with Crippen molar-refractivity contribution >= 4 is 5.97 Å². The van der Waals surface area contributed by atoms with Gasteiger partial charge in [0.25, 0.3) is 0 Å². The summed E-state index contributed by atoms with van der Waals surface area (Å²) in [5, 5.41) is 0. The highest BCUT2D eigenvalue weighted by Crippen LogP contribution is 2.22. The molecule has 88 valence electrons. The van der Waals surface area contributed by atoms with Crippen LogP contribution >= 0.6 is 0 Å². The lowest BCUT2D eigenvalue weighted by atomic mass is 10.2. The minimum absolute atomic E-state index is 0.0684. The molecule has 0 saturated carbocycles. The molecule has 0 unspecified atom stereocenters. The first-order chi connectivity index (χ1) is 7.67. The summed E-state index contributed by atoms with van der Waals surface area (Å²) in [5.74, 6) is 1.06. The summed E-state index contributed by atoms with van der Waals surface area (Å²) in [6, 6.07) is 5.40. The Kier molecular flexibility index (Phi) is 4.64. The van der Waals surface area contributed by atoms with Crippen molar-refractivity contribution < 1.29 is 19.0 Å². The van der Waals surface area contributed by atoms with Gasteiger partial charge in [0.05, 0.1) is 13.7 Å². The quantitative estimate of drug-likeness (QED) is 0.717. The summed E-state index contributed by atoms with van der Waals surface area (Å²) in [6.45, 7) is 3.95. The molecule has 0 heterocycles. The molecule has 4 nitrogen and oxygen atoms in total. The van der Waals surface area contributed by atoms with Crippen molar-refractivity contribution in [2.45, 2.75) is 13.8 Å². The van der Waals surface area contributed by atoms with Gasteiger partial charge in [0.2, 0.25) is 0 Å². The molecule has 0 aliphatic rings. The number of methoxy groups -OCH3 is 1. The molecule has 0 radical (unpaired) electrons. The third-order valence-electron chi connectivity index (χ3n) is 2.03. The van der Waals surface area contributed by atoms with E-state index in [9.17, 15) is 4.79 Å². The normalized spacial score (nSPS) is 9.69. The molecule has 0 N–H and O–H groups in total. The molecule has 0 saturated heterocycles. The molecule has 0 aromatic heterocycles. The van der Waals surface area contributed by atoms with Crippen LogP contribution in [0.2, 0.25) is 0 Å². The molecule has 1 rings (SSSR count). The van der Waals surface area contributed by atoms with Crippen LogP contribution in [0.5, 0.6) is 11.5 Å².